The molecule has 0 aromatic heterocycles. The van der Waals surface area contributed by atoms with E-state index in [1.807, 2.05) is 37.3 Å². The SMILES string of the molecule is CCN(Cc1ccccc1)C(=O)CNC(=O)C1=NN(c2ccc(F)cc2)C(C(N)=O)C1. The van der Waals surface area contributed by atoms with Crippen molar-refractivity contribution in [1.82, 2.24) is 10.2 Å². The van der Waals surface area contributed by atoms with Crippen LogP contribution in [0.15, 0.2) is 59.7 Å². The Balaban J connectivity index is 1.63. The summed E-state index contributed by atoms with van der Waals surface area (Å²) in [6.45, 7) is 2.60. The molecular weight excluding hydrogens is 401 g/mol. The molecule has 1 heterocycles. The number of halogens is 1. The molecule has 8 nitrogen and oxygen atoms in total. The maximum absolute atomic E-state index is 13.2. The van der Waals surface area contributed by atoms with E-state index in [1.165, 1.54) is 29.3 Å². The van der Waals surface area contributed by atoms with Crippen molar-refractivity contribution in [2.24, 2.45) is 10.8 Å². The second-order valence-electron chi connectivity index (χ2n) is 7.07. The lowest BCUT2D eigenvalue weighted by atomic mass is 10.1. The predicted octanol–water partition coefficient (Wildman–Crippen LogP) is 1.41. The van der Waals surface area contributed by atoms with Gasteiger partial charge in [-0.1, -0.05) is 30.3 Å². The van der Waals surface area contributed by atoms with E-state index in [2.05, 4.69) is 10.4 Å². The highest BCUT2D eigenvalue weighted by atomic mass is 19.1. The zero-order valence-electron chi connectivity index (χ0n) is 17.1. The summed E-state index contributed by atoms with van der Waals surface area (Å²) in [5.41, 5.74) is 6.95. The van der Waals surface area contributed by atoms with Crippen LogP contribution < -0.4 is 16.1 Å². The standard InChI is InChI=1S/C22H24FN5O3/c1-2-27(14-15-6-4-3-5-7-15)20(29)13-25-22(31)18-12-19(21(24)30)28(26-18)17-10-8-16(23)9-11-17/h3-11,19H,2,12-14H2,1H3,(H2,24,30)(H,25,31). The lowest BCUT2D eigenvalue weighted by Crippen LogP contribution is -2.42. The fourth-order valence-electron chi connectivity index (χ4n) is 3.25. The number of anilines is 1. The Morgan fingerprint density at radius 2 is 1.84 bits per heavy atom. The van der Waals surface area contributed by atoms with Gasteiger partial charge in [-0.25, -0.2) is 4.39 Å². The molecule has 1 aliphatic heterocycles. The van der Waals surface area contributed by atoms with Crippen LogP contribution in [-0.2, 0) is 20.9 Å². The number of hydrogen-bond donors (Lipinski definition) is 2. The molecule has 1 aliphatic rings. The molecule has 1 atom stereocenters. The van der Waals surface area contributed by atoms with Gasteiger partial charge in [0, 0.05) is 19.5 Å². The van der Waals surface area contributed by atoms with Gasteiger partial charge in [0.2, 0.25) is 11.8 Å². The van der Waals surface area contributed by atoms with Gasteiger partial charge in [-0.3, -0.25) is 19.4 Å². The number of rotatable bonds is 8. The van der Waals surface area contributed by atoms with Crippen molar-refractivity contribution in [3.63, 3.8) is 0 Å². The molecule has 1 unspecified atom stereocenters. The number of benzene rings is 2. The topological polar surface area (TPSA) is 108 Å². The Bertz CT molecular complexity index is 978. The Labute approximate surface area is 179 Å². The van der Waals surface area contributed by atoms with Gasteiger partial charge in [-0.2, -0.15) is 5.10 Å². The third kappa shape index (κ3) is 5.44. The molecule has 31 heavy (non-hydrogen) atoms. The normalized spacial score (nSPS) is 15.4. The fourth-order valence-corrected chi connectivity index (χ4v) is 3.25. The summed E-state index contributed by atoms with van der Waals surface area (Å²) in [4.78, 5) is 38.6. The van der Waals surface area contributed by atoms with Crippen LogP contribution in [0.4, 0.5) is 10.1 Å². The minimum absolute atomic E-state index is 0.00571. The summed E-state index contributed by atoms with van der Waals surface area (Å²) < 4.78 is 13.2. The highest BCUT2D eigenvalue weighted by Crippen LogP contribution is 2.24. The molecule has 0 radical (unpaired) electrons. The van der Waals surface area contributed by atoms with Crippen molar-refractivity contribution < 1.29 is 18.8 Å². The molecule has 0 bridgehead atoms. The largest absolute Gasteiger partial charge is 0.368 e. The molecule has 0 spiro atoms. The number of nitrogens with two attached hydrogens (primary N) is 1. The van der Waals surface area contributed by atoms with Crippen molar-refractivity contribution >= 4 is 29.1 Å². The smallest absolute Gasteiger partial charge is 0.268 e. The second-order valence-corrected chi connectivity index (χ2v) is 7.07. The van der Waals surface area contributed by atoms with Crippen molar-refractivity contribution in [3.8, 4) is 0 Å². The van der Waals surface area contributed by atoms with Gasteiger partial charge in [0.15, 0.2) is 0 Å². The summed E-state index contributed by atoms with van der Waals surface area (Å²) in [7, 11) is 0. The zero-order valence-corrected chi connectivity index (χ0v) is 17.1. The molecular formula is C22H24FN5O3. The van der Waals surface area contributed by atoms with Gasteiger partial charge in [0.25, 0.3) is 5.91 Å². The lowest BCUT2D eigenvalue weighted by Gasteiger charge is -2.21. The van der Waals surface area contributed by atoms with E-state index < -0.39 is 23.7 Å². The quantitative estimate of drug-likeness (QED) is 0.667. The molecule has 9 heteroatoms. The number of amides is 3. The Hall–Kier alpha value is -3.75. The van der Waals surface area contributed by atoms with Gasteiger partial charge in [-0.05, 0) is 36.8 Å². The molecule has 3 rings (SSSR count). The maximum atomic E-state index is 13.2. The highest BCUT2D eigenvalue weighted by Gasteiger charge is 2.35. The third-order valence-electron chi connectivity index (χ3n) is 4.94. The van der Waals surface area contributed by atoms with E-state index >= 15 is 0 Å². The van der Waals surface area contributed by atoms with Gasteiger partial charge in [0.1, 0.15) is 17.6 Å². The van der Waals surface area contributed by atoms with Gasteiger partial charge >= 0.3 is 0 Å². The lowest BCUT2D eigenvalue weighted by molar-refractivity contribution is -0.132. The molecule has 162 valence electrons. The predicted molar refractivity (Wildman–Crippen MR) is 114 cm³/mol. The minimum Gasteiger partial charge on any atom is -0.368 e. The highest BCUT2D eigenvalue weighted by molar-refractivity contribution is 6.40. The Kier molecular flexibility index (Phi) is 6.96. The second kappa shape index (κ2) is 9.84. The average molecular weight is 425 g/mol. The monoisotopic (exact) mass is 425 g/mol. The number of likely N-dealkylation sites (N-methyl/N-ethyl adjacent to an activating group) is 1. The van der Waals surface area contributed by atoms with E-state index in [0.29, 0.717) is 18.8 Å². The van der Waals surface area contributed by atoms with Crippen LogP contribution in [0.3, 0.4) is 0 Å². The van der Waals surface area contributed by atoms with Crippen molar-refractivity contribution in [2.75, 3.05) is 18.1 Å². The number of primary amides is 1. The van der Waals surface area contributed by atoms with Crippen LogP contribution in [0, 0.1) is 5.82 Å². The molecule has 3 amide bonds. The van der Waals surface area contributed by atoms with Gasteiger partial charge in [0.05, 0.1) is 12.2 Å². The first kappa shape index (κ1) is 21.9. The Morgan fingerprint density at radius 3 is 2.45 bits per heavy atom. The minimum atomic E-state index is -0.868. The maximum Gasteiger partial charge on any atom is 0.268 e. The van der Waals surface area contributed by atoms with Gasteiger partial charge in [-0.15, -0.1) is 0 Å². The molecule has 3 N–H and O–H groups in total. The number of hydrazone groups is 1. The first-order valence-corrected chi connectivity index (χ1v) is 9.90. The van der Waals surface area contributed by atoms with Crippen LogP contribution in [0.1, 0.15) is 18.9 Å². The van der Waals surface area contributed by atoms with Crippen LogP contribution in [-0.4, -0.2) is 47.5 Å². The molecule has 2 aromatic carbocycles. The molecule has 0 fully saturated rings. The number of nitrogens with one attached hydrogen (secondary N) is 1. The summed E-state index contributed by atoms with van der Waals surface area (Å²) in [6.07, 6.45) is -0.00571. The number of carbonyl (C=O) groups excluding carboxylic acids is 3. The first-order valence-electron chi connectivity index (χ1n) is 9.90. The van der Waals surface area contributed by atoms with E-state index in [9.17, 15) is 18.8 Å². The summed E-state index contributed by atoms with van der Waals surface area (Å²) in [5, 5.41) is 8.05. The van der Waals surface area contributed by atoms with Gasteiger partial charge < -0.3 is 16.0 Å². The summed E-state index contributed by atoms with van der Waals surface area (Å²) in [6, 6.07) is 14.0. The van der Waals surface area contributed by atoms with E-state index in [-0.39, 0.29) is 24.6 Å². The average Bonchev–Trinajstić information content (AvgIpc) is 3.23. The fraction of sp³-hybridized carbons (Fsp3) is 0.273. The van der Waals surface area contributed by atoms with Crippen LogP contribution >= 0.6 is 0 Å². The van der Waals surface area contributed by atoms with Crippen LogP contribution in [0.25, 0.3) is 0 Å². The molecule has 0 saturated carbocycles. The van der Waals surface area contributed by atoms with Crippen molar-refractivity contribution in [2.45, 2.75) is 25.9 Å². The summed E-state index contributed by atoms with van der Waals surface area (Å²) >= 11 is 0. The van der Waals surface area contributed by atoms with E-state index in [4.69, 9.17) is 5.73 Å². The molecule has 2 aromatic rings. The third-order valence-corrected chi connectivity index (χ3v) is 4.94. The number of carbonyl (C=O) groups is 3. The number of hydrogen-bond acceptors (Lipinski definition) is 5. The molecule has 0 saturated heterocycles. The van der Waals surface area contributed by atoms with Crippen LogP contribution in [0.5, 0.6) is 0 Å². The van der Waals surface area contributed by atoms with Crippen molar-refractivity contribution in [3.05, 3.63) is 66.0 Å². The van der Waals surface area contributed by atoms with E-state index in [0.717, 1.165) is 5.56 Å². The Morgan fingerprint density at radius 1 is 1.16 bits per heavy atom. The van der Waals surface area contributed by atoms with Crippen molar-refractivity contribution in [1.29, 1.82) is 0 Å². The molecule has 0 aliphatic carbocycles. The summed E-state index contributed by atoms with van der Waals surface area (Å²) in [5.74, 6) is -1.89. The zero-order chi connectivity index (χ0) is 22.4. The first-order chi connectivity index (χ1) is 14.9. The number of nitrogens with zero attached hydrogens (tertiary/aromatic N) is 3. The van der Waals surface area contributed by atoms with Crippen LogP contribution in [0.2, 0.25) is 0 Å². The van der Waals surface area contributed by atoms with E-state index in [1.54, 1.807) is 4.90 Å².